The van der Waals surface area contributed by atoms with Crippen molar-refractivity contribution in [1.82, 2.24) is 4.98 Å². The largest absolute Gasteiger partial charge is 0.366 e. The fourth-order valence-electron chi connectivity index (χ4n) is 2.88. The molecule has 0 radical (unpaired) electrons. The normalized spacial score (nSPS) is 12.4. The molecule has 0 aliphatic heterocycles. The van der Waals surface area contributed by atoms with Gasteiger partial charge in [0, 0.05) is 11.5 Å². The Morgan fingerprint density at radius 2 is 1.91 bits per heavy atom. The quantitative estimate of drug-likeness (QED) is 0.713. The van der Waals surface area contributed by atoms with Crippen molar-refractivity contribution >= 4 is 27.5 Å². The Balaban J connectivity index is 2.09. The summed E-state index contributed by atoms with van der Waals surface area (Å²) in [4.78, 5) is 16.6. The van der Waals surface area contributed by atoms with Gasteiger partial charge in [0.2, 0.25) is 5.91 Å². The van der Waals surface area contributed by atoms with Gasteiger partial charge in [0.25, 0.3) is 0 Å². The van der Waals surface area contributed by atoms with Gasteiger partial charge in [0.15, 0.2) is 0 Å². The maximum atomic E-state index is 11.8. The lowest BCUT2D eigenvalue weighted by Crippen LogP contribution is -2.16. The fourth-order valence-corrected chi connectivity index (χ4v) is 4.01. The van der Waals surface area contributed by atoms with Gasteiger partial charge in [-0.1, -0.05) is 50.1 Å². The molecule has 0 fully saturated rings. The SMILES string of the molecule is CCCCC(c1nc2ccccc2s1)c1ccccc1C(N)=O. The van der Waals surface area contributed by atoms with Gasteiger partial charge < -0.3 is 5.73 Å². The first-order valence-corrected chi connectivity index (χ1v) is 8.76. The molecule has 23 heavy (non-hydrogen) atoms. The molecule has 3 aromatic rings. The second kappa shape index (κ2) is 6.92. The van der Waals surface area contributed by atoms with Crippen molar-refractivity contribution < 1.29 is 4.79 Å². The molecule has 2 aromatic carbocycles. The average Bonchev–Trinajstić information content (AvgIpc) is 2.99. The molecule has 2 N–H and O–H groups in total. The van der Waals surface area contributed by atoms with E-state index in [1.54, 1.807) is 11.3 Å². The zero-order valence-electron chi connectivity index (χ0n) is 13.2. The van der Waals surface area contributed by atoms with Crippen LogP contribution in [0.15, 0.2) is 48.5 Å². The van der Waals surface area contributed by atoms with Crippen LogP contribution in [0, 0.1) is 0 Å². The lowest BCUT2D eigenvalue weighted by atomic mass is 9.90. The lowest BCUT2D eigenvalue weighted by molar-refractivity contribution is 0.0999. The maximum absolute atomic E-state index is 11.8. The van der Waals surface area contributed by atoms with Crippen molar-refractivity contribution in [1.29, 1.82) is 0 Å². The van der Waals surface area contributed by atoms with Crippen LogP contribution in [0.4, 0.5) is 0 Å². The minimum absolute atomic E-state index is 0.121. The van der Waals surface area contributed by atoms with Crippen LogP contribution >= 0.6 is 11.3 Å². The Morgan fingerprint density at radius 3 is 2.65 bits per heavy atom. The first-order chi connectivity index (χ1) is 11.2. The van der Waals surface area contributed by atoms with Gasteiger partial charge in [-0.05, 0) is 30.2 Å². The van der Waals surface area contributed by atoms with Crippen molar-refractivity contribution in [3.8, 4) is 0 Å². The molecule has 0 aliphatic rings. The number of fused-ring (bicyclic) bond motifs is 1. The second-order valence-electron chi connectivity index (χ2n) is 5.67. The highest BCUT2D eigenvalue weighted by Gasteiger charge is 2.22. The Bertz CT molecular complexity index is 792. The highest BCUT2D eigenvalue weighted by atomic mass is 32.1. The predicted molar refractivity (Wildman–Crippen MR) is 95.9 cm³/mol. The number of aromatic nitrogens is 1. The number of carbonyl (C=O) groups is 1. The number of primary amides is 1. The van der Waals surface area contributed by atoms with Gasteiger partial charge in [-0.3, -0.25) is 4.79 Å². The summed E-state index contributed by atoms with van der Waals surface area (Å²) in [6, 6.07) is 15.8. The topological polar surface area (TPSA) is 56.0 Å². The van der Waals surface area contributed by atoms with Crippen molar-refractivity contribution in [2.24, 2.45) is 5.73 Å². The third-order valence-corrected chi connectivity index (χ3v) is 5.21. The van der Waals surface area contributed by atoms with Crippen molar-refractivity contribution in [3.05, 3.63) is 64.7 Å². The summed E-state index contributed by atoms with van der Waals surface area (Å²) < 4.78 is 1.18. The molecule has 1 heterocycles. The van der Waals surface area contributed by atoms with Crippen LogP contribution in [-0.2, 0) is 0 Å². The smallest absolute Gasteiger partial charge is 0.249 e. The van der Waals surface area contributed by atoms with Crippen LogP contribution in [0.2, 0.25) is 0 Å². The standard InChI is InChI=1S/C19H20N2OS/c1-2-3-8-15(13-9-4-5-10-14(13)18(20)22)19-21-16-11-6-7-12-17(16)23-19/h4-7,9-12,15H,2-3,8H2,1H3,(H2,20,22). The number of carbonyl (C=O) groups excluding carboxylic acids is 1. The number of thiazole rings is 1. The van der Waals surface area contributed by atoms with E-state index in [0.29, 0.717) is 5.56 Å². The first-order valence-electron chi connectivity index (χ1n) is 7.95. The number of benzene rings is 2. The van der Waals surface area contributed by atoms with Crippen LogP contribution in [0.3, 0.4) is 0 Å². The summed E-state index contributed by atoms with van der Waals surface area (Å²) in [5.74, 6) is -0.251. The Labute approximate surface area is 140 Å². The Hall–Kier alpha value is -2.20. The number of hydrogen-bond donors (Lipinski definition) is 1. The molecule has 0 saturated carbocycles. The molecule has 3 rings (SSSR count). The Morgan fingerprint density at radius 1 is 1.17 bits per heavy atom. The molecule has 3 nitrogen and oxygen atoms in total. The molecule has 1 aromatic heterocycles. The summed E-state index contributed by atoms with van der Waals surface area (Å²) in [5, 5.41) is 1.06. The molecule has 0 aliphatic carbocycles. The van der Waals surface area contributed by atoms with E-state index in [9.17, 15) is 4.79 Å². The van der Waals surface area contributed by atoms with Gasteiger partial charge in [-0.2, -0.15) is 0 Å². The average molecular weight is 324 g/mol. The molecule has 1 amide bonds. The van der Waals surface area contributed by atoms with Gasteiger partial charge in [-0.25, -0.2) is 4.98 Å². The summed E-state index contributed by atoms with van der Waals surface area (Å²) in [7, 11) is 0. The van der Waals surface area contributed by atoms with E-state index in [1.165, 1.54) is 4.70 Å². The summed E-state index contributed by atoms with van der Waals surface area (Å²) in [6.45, 7) is 2.18. The van der Waals surface area contributed by atoms with Crippen molar-refractivity contribution in [3.63, 3.8) is 0 Å². The van der Waals surface area contributed by atoms with E-state index < -0.39 is 0 Å². The van der Waals surface area contributed by atoms with Crippen LogP contribution in [-0.4, -0.2) is 10.9 Å². The lowest BCUT2D eigenvalue weighted by Gasteiger charge is -2.17. The molecule has 0 bridgehead atoms. The van der Waals surface area contributed by atoms with Gasteiger partial charge in [-0.15, -0.1) is 11.3 Å². The number of amides is 1. The zero-order chi connectivity index (χ0) is 16.2. The minimum atomic E-state index is -0.372. The van der Waals surface area contributed by atoms with Crippen LogP contribution in [0.1, 0.15) is 53.0 Å². The van der Waals surface area contributed by atoms with Crippen molar-refractivity contribution in [2.75, 3.05) is 0 Å². The number of unbranched alkanes of at least 4 members (excludes halogenated alkanes) is 1. The fraction of sp³-hybridized carbons (Fsp3) is 0.263. The minimum Gasteiger partial charge on any atom is -0.366 e. The maximum Gasteiger partial charge on any atom is 0.249 e. The summed E-state index contributed by atoms with van der Waals surface area (Å²) in [6.07, 6.45) is 3.18. The van der Waals surface area contributed by atoms with E-state index in [-0.39, 0.29) is 11.8 Å². The highest BCUT2D eigenvalue weighted by molar-refractivity contribution is 7.18. The molecular weight excluding hydrogens is 304 g/mol. The molecule has 118 valence electrons. The first kappa shape index (κ1) is 15.7. The van der Waals surface area contributed by atoms with Crippen LogP contribution < -0.4 is 5.73 Å². The highest BCUT2D eigenvalue weighted by Crippen LogP contribution is 2.36. The molecule has 0 spiro atoms. The summed E-state index contributed by atoms with van der Waals surface area (Å²) in [5.41, 5.74) is 8.19. The number of rotatable bonds is 6. The van der Waals surface area contributed by atoms with E-state index in [0.717, 1.165) is 35.4 Å². The number of nitrogens with two attached hydrogens (primary N) is 1. The third-order valence-electron chi connectivity index (χ3n) is 4.06. The van der Waals surface area contributed by atoms with E-state index in [4.69, 9.17) is 10.7 Å². The molecule has 0 saturated heterocycles. The van der Waals surface area contributed by atoms with E-state index in [1.807, 2.05) is 42.5 Å². The van der Waals surface area contributed by atoms with Gasteiger partial charge >= 0.3 is 0 Å². The third kappa shape index (κ3) is 3.27. The van der Waals surface area contributed by atoms with Gasteiger partial charge in [0.1, 0.15) is 5.01 Å². The molecule has 1 atom stereocenters. The van der Waals surface area contributed by atoms with E-state index >= 15 is 0 Å². The van der Waals surface area contributed by atoms with E-state index in [2.05, 4.69) is 13.0 Å². The number of hydrogen-bond acceptors (Lipinski definition) is 3. The van der Waals surface area contributed by atoms with Crippen LogP contribution in [0.25, 0.3) is 10.2 Å². The van der Waals surface area contributed by atoms with Crippen molar-refractivity contribution in [2.45, 2.75) is 32.1 Å². The number of para-hydroxylation sites is 1. The summed E-state index contributed by atoms with van der Waals surface area (Å²) >= 11 is 1.71. The molecular formula is C19H20N2OS. The molecule has 1 unspecified atom stereocenters. The monoisotopic (exact) mass is 324 g/mol. The number of nitrogens with zero attached hydrogens (tertiary/aromatic N) is 1. The molecule has 4 heteroatoms. The predicted octanol–water partition coefficient (Wildman–Crippen LogP) is 4.72. The van der Waals surface area contributed by atoms with Crippen LogP contribution in [0.5, 0.6) is 0 Å². The second-order valence-corrected chi connectivity index (χ2v) is 6.73. The van der Waals surface area contributed by atoms with Gasteiger partial charge in [0.05, 0.1) is 10.2 Å². The Kier molecular flexibility index (Phi) is 4.72. The zero-order valence-corrected chi connectivity index (χ0v) is 14.0.